The first-order valence-corrected chi connectivity index (χ1v) is 6.44. The molecule has 1 aliphatic rings. The van der Waals surface area contributed by atoms with Crippen LogP contribution < -0.4 is 0 Å². The molecule has 0 radical (unpaired) electrons. The van der Waals surface area contributed by atoms with E-state index in [2.05, 4.69) is 0 Å². The van der Waals surface area contributed by atoms with Crippen molar-refractivity contribution >= 4 is 28.9 Å². The topological polar surface area (TPSA) is 21.9 Å². The van der Waals surface area contributed by atoms with E-state index in [9.17, 15) is 43.5 Å². The van der Waals surface area contributed by atoms with Crippen LogP contribution in [0.25, 0.3) is 0 Å². The van der Waals surface area contributed by atoms with Gasteiger partial charge in [-0.2, -0.15) is 12.8 Å². The Morgan fingerprint density at radius 2 is 1.89 bits per heavy atom. The second-order valence-electron chi connectivity index (χ2n) is 2.46. The van der Waals surface area contributed by atoms with E-state index < -0.39 is 49.8 Å². The predicted molar refractivity (Wildman–Crippen MR) is 46.2 cm³/mol. The molecular formula is C3H2F10N4P2+2. The van der Waals surface area contributed by atoms with Gasteiger partial charge >= 0.3 is 35.2 Å². The lowest BCUT2D eigenvalue weighted by Gasteiger charge is -2.02. The molecule has 19 heavy (non-hydrogen) atoms. The van der Waals surface area contributed by atoms with Crippen LogP contribution in [-0.4, -0.2) is 33.0 Å². The molecule has 0 bridgehead atoms. The highest BCUT2D eigenvalue weighted by atomic mass is 31.2. The minimum atomic E-state index is -5.19. The van der Waals surface area contributed by atoms with Crippen LogP contribution in [0.1, 0.15) is 0 Å². The van der Waals surface area contributed by atoms with Gasteiger partial charge in [-0.3, -0.25) is 0 Å². The molecule has 0 saturated heterocycles. The number of hydrogen-bond donors (Lipinski definition) is 0. The van der Waals surface area contributed by atoms with Crippen LogP contribution in [-0.2, 0) is 0 Å². The van der Waals surface area contributed by atoms with E-state index in [1.54, 1.807) is 0 Å². The quantitative estimate of drug-likeness (QED) is 0.173. The highest BCUT2D eigenvalue weighted by Crippen LogP contribution is 2.68. The highest BCUT2D eigenvalue weighted by Gasteiger charge is 2.72. The Morgan fingerprint density at radius 3 is 2.00 bits per heavy atom. The molecule has 1 rings (SSSR count). The summed E-state index contributed by atoms with van der Waals surface area (Å²) < 4.78 is 114. The maximum Gasteiger partial charge on any atom is 0.629 e. The van der Waals surface area contributed by atoms with Gasteiger partial charge in [0.1, 0.15) is 0 Å². The maximum atomic E-state index is 12.0. The van der Waals surface area contributed by atoms with Crippen molar-refractivity contribution < 1.29 is 48.3 Å². The fraction of sp³-hybridized carbons (Fsp3) is 0.333. The molecule has 0 N–H and O–H groups in total. The van der Waals surface area contributed by atoms with Gasteiger partial charge in [-0.25, -0.2) is 0 Å². The zero-order valence-electron chi connectivity index (χ0n) is 8.17. The Hall–Kier alpha value is -0.900. The first-order valence-electron chi connectivity index (χ1n) is 3.66. The van der Waals surface area contributed by atoms with Crippen molar-refractivity contribution in [2.75, 3.05) is 6.29 Å². The van der Waals surface area contributed by atoms with Gasteiger partial charge in [0.15, 0.2) is 4.89 Å². The molecule has 0 fully saturated rings. The zero-order valence-corrected chi connectivity index (χ0v) is 9.96. The van der Waals surface area contributed by atoms with E-state index in [1.807, 2.05) is 0 Å². The molecule has 0 spiro atoms. The van der Waals surface area contributed by atoms with E-state index >= 15 is 0 Å². The van der Waals surface area contributed by atoms with Gasteiger partial charge in [0.05, 0.1) is 4.48 Å². The maximum absolute atomic E-state index is 12.0. The van der Waals surface area contributed by atoms with Crippen LogP contribution in [0, 0.1) is 0 Å². The van der Waals surface area contributed by atoms with Crippen LogP contribution in [0.15, 0.2) is 5.21 Å². The van der Waals surface area contributed by atoms with E-state index in [0.717, 1.165) is 5.21 Å². The molecule has 0 aromatic rings. The van der Waals surface area contributed by atoms with Crippen molar-refractivity contribution in [3.05, 3.63) is 0 Å². The molecule has 0 unspecified atom stereocenters. The lowest BCUT2D eigenvalue weighted by molar-refractivity contribution is -0.698. The van der Waals surface area contributed by atoms with Gasteiger partial charge in [0, 0.05) is 17.7 Å². The lowest BCUT2D eigenvalue weighted by Crippen LogP contribution is -2.11. The predicted octanol–water partition coefficient (Wildman–Crippen LogP) is 4.62. The minimum absolute atomic E-state index is 0.951. The first-order chi connectivity index (χ1) is 8.54. The Morgan fingerprint density at radius 1 is 1.42 bits per heavy atom. The Balaban J connectivity index is 0.000000344. The van der Waals surface area contributed by atoms with Crippen molar-refractivity contribution in [1.29, 1.82) is 0 Å². The average molecular weight is 346 g/mol. The van der Waals surface area contributed by atoms with E-state index in [-0.39, 0.29) is 0 Å². The summed E-state index contributed by atoms with van der Waals surface area (Å²) in [6.07, 6.45) is -6.14. The first kappa shape index (κ1) is 18.1. The molecule has 0 atom stereocenters. The van der Waals surface area contributed by atoms with Crippen molar-refractivity contribution in [1.82, 2.24) is 9.79 Å². The Bertz CT molecular complexity index is 372. The second kappa shape index (κ2) is 7.04. The smallest absolute Gasteiger partial charge is 0.160 e. The largest absolute Gasteiger partial charge is 0.629 e. The summed E-state index contributed by atoms with van der Waals surface area (Å²) >= 11 is 0. The third kappa shape index (κ3) is 4.94. The van der Waals surface area contributed by atoms with Crippen molar-refractivity contribution in [2.45, 2.75) is 0 Å². The molecule has 0 aromatic carbocycles. The average Bonchev–Trinajstić information content (AvgIpc) is 2.50. The summed E-state index contributed by atoms with van der Waals surface area (Å²) in [6.45, 7) is 0. The Kier molecular flexibility index (Phi) is 6.70. The number of nitrogens with zero attached hydrogens (tertiary/aromatic N) is 4. The third-order valence-corrected chi connectivity index (χ3v) is 2.96. The van der Waals surface area contributed by atoms with Crippen LogP contribution in [0.4, 0.5) is 43.5 Å². The standard InChI is InChI=1S/C2H2F5N2P.CF5N2P/c3-2-8(4)1-10(6,7)9(2)5;2-1(7-3)8(4)9(5)6/h1H2;/q+2;. The fourth-order valence-electron chi connectivity index (χ4n) is 0.567. The van der Waals surface area contributed by atoms with E-state index in [0.29, 0.717) is 0 Å². The van der Waals surface area contributed by atoms with E-state index in [1.165, 1.54) is 0 Å². The summed E-state index contributed by atoms with van der Waals surface area (Å²) in [6, 6.07) is 0. The number of halogens is 10. The van der Waals surface area contributed by atoms with Gasteiger partial charge in [-0.1, -0.05) is 13.9 Å². The Labute approximate surface area is 99.6 Å². The van der Waals surface area contributed by atoms with Crippen LogP contribution in [0.5, 0.6) is 0 Å². The molecular weight excluding hydrogens is 344 g/mol. The van der Waals surface area contributed by atoms with E-state index in [4.69, 9.17) is 0 Å². The van der Waals surface area contributed by atoms with Crippen molar-refractivity contribution in [3.63, 3.8) is 0 Å². The molecule has 4 nitrogen and oxygen atoms in total. The summed E-state index contributed by atoms with van der Waals surface area (Å²) in [5, 5.41) is 1.05. The molecule has 0 saturated carbocycles. The lowest BCUT2D eigenvalue weighted by atomic mass is 11.2. The zero-order chi connectivity index (χ0) is 15.4. The number of rotatable bonds is 1. The molecule has 16 heteroatoms. The van der Waals surface area contributed by atoms with Gasteiger partial charge in [-0.15, -0.1) is 4.39 Å². The molecule has 1 heterocycles. The fourth-order valence-corrected chi connectivity index (χ4v) is 1.59. The minimum Gasteiger partial charge on any atom is -0.160 e. The van der Waals surface area contributed by atoms with Gasteiger partial charge in [0.2, 0.25) is 0 Å². The monoisotopic (exact) mass is 346 g/mol. The summed E-state index contributed by atoms with van der Waals surface area (Å²) in [4.78, 5) is -4.06. The number of amidine groups is 2. The second-order valence-corrected chi connectivity index (χ2v) is 5.06. The summed E-state index contributed by atoms with van der Waals surface area (Å²) in [5.41, 5.74) is 0. The third-order valence-electron chi connectivity index (χ3n) is 1.26. The van der Waals surface area contributed by atoms with Crippen molar-refractivity contribution in [2.24, 2.45) is 5.21 Å². The van der Waals surface area contributed by atoms with Crippen LogP contribution in [0.2, 0.25) is 0 Å². The molecule has 0 aromatic heterocycles. The van der Waals surface area contributed by atoms with Crippen molar-refractivity contribution in [3.8, 4) is 0 Å². The van der Waals surface area contributed by atoms with Gasteiger partial charge in [0.25, 0.3) is 0 Å². The van der Waals surface area contributed by atoms with Crippen LogP contribution in [0.3, 0.4) is 0 Å². The molecule has 1 aliphatic heterocycles. The SMILES string of the molecule is FC1=[N+](F)C[P+](F)(F)N1F.FN=C(F)N(F)P(F)F. The molecule has 0 amide bonds. The summed E-state index contributed by atoms with van der Waals surface area (Å²) in [5.74, 6) is 0. The molecule has 112 valence electrons. The normalized spacial score (nSPS) is 18.7. The highest BCUT2D eigenvalue weighted by molar-refractivity contribution is 7.63. The van der Waals surface area contributed by atoms with Gasteiger partial charge in [-0.05, 0) is 5.21 Å². The number of hydrogen-bond acceptors (Lipinski definition) is 2. The summed E-state index contributed by atoms with van der Waals surface area (Å²) in [7, 11) is -9.48. The van der Waals surface area contributed by atoms with Crippen LogP contribution >= 0.6 is 16.7 Å². The molecule has 0 aliphatic carbocycles. The van der Waals surface area contributed by atoms with Gasteiger partial charge < -0.3 is 0 Å².